The van der Waals surface area contributed by atoms with Crippen LogP contribution >= 0.6 is 34.5 Å². The number of benzene rings is 1. The van der Waals surface area contributed by atoms with E-state index >= 15 is 0 Å². The Bertz CT molecular complexity index is 436. The fourth-order valence-electron chi connectivity index (χ4n) is 1.58. The molecule has 0 saturated heterocycles. The van der Waals surface area contributed by atoms with Crippen LogP contribution in [0.1, 0.15) is 22.2 Å². The van der Waals surface area contributed by atoms with E-state index in [1.54, 1.807) is 11.3 Å². The summed E-state index contributed by atoms with van der Waals surface area (Å²) in [6.07, 6.45) is 1.93. The molecule has 3 heteroatoms. The second-order valence-corrected chi connectivity index (χ2v) is 5.95. The monoisotopic (exact) mass is 270 g/mol. The van der Waals surface area contributed by atoms with Gasteiger partial charge < -0.3 is 0 Å². The van der Waals surface area contributed by atoms with Gasteiger partial charge in [0.05, 0.1) is 9.71 Å². The van der Waals surface area contributed by atoms with Gasteiger partial charge in [-0.05, 0) is 30.5 Å². The second kappa shape index (κ2) is 5.72. The molecule has 0 nitrogen and oxygen atoms in total. The molecule has 2 rings (SSSR count). The summed E-state index contributed by atoms with van der Waals surface area (Å²) < 4.78 is 0.848. The number of halogens is 2. The molecule has 0 spiro atoms. The van der Waals surface area contributed by atoms with Gasteiger partial charge in [-0.3, -0.25) is 0 Å². The molecular formula is C13H12Cl2S. The Morgan fingerprint density at radius 3 is 2.44 bits per heavy atom. The van der Waals surface area contributed by atoms with Crippen LogP contribution in [0.25, 0.3) is 0 Å². The first-order chi connectivity index (χ1) is 7.75. The molecule has 1 aromatic carbocycles. The molecule has 84 valence electrons. The lowest BCUT2D eigenvalue weighted by Gasteiger charge is -2.08. The first-order valence-electron chi connectivity index (χ1n) is 5.19. The molecule has 1 aromatic heterocycles. The second-order valence-electron chi connectivity index (χ2n) is 3.62. The third-order valence-electron chi connectivity index (χ3n) is 2.43. The molecule has 1 heterocycles. The highest BCUT2D eigenvalue weighted by Crippen LogP contribution is 2.28. The van der Waals surface area contributed by atoms with Crippen molar-refractivity contribution in [3.05, 3.63) is 57.2 Å². The highest BCUT2D eigenvalue weighted by atomic mass is 35.5. The zero-order valence-electron chi connectivity index (χ0n) is 8.70. The summed E-state index contributed by atoms with van der Waals surface area (Å²) in [6.45, 7) is 0. The van der Waals surface area contributed by atoms with Gasteiger partial charge >= 0.3 is 0 Å². The molecule has 1 unspecified atom stereocenters. The van der Waals surface area contributed by atoms with Crippen molar-refractivity contribution >= 4 is 34.5 Å². The van der Waals surface area contributed by atoms with E-state index < -0.39 is 0 Å². The maximum absolute atomic E-state index is 6.33. The van der Waals surface area contributed by atoms with E-state index in [0.29, 0.717) is 0 Å². The molecule has 0 radical (unpaired) electrons. The molecule has 1 atom stereocenters. The summed E-state index contributed by atoms with van der Waals surface area (Å²) in [6, 6.07) is 14.2. The van der Waals surface area contributed by atoms with Crippen molar-refractivity contribution in [1.82, 2.24) is 0 Å². The minimum Gasteiger partial charge on any atom is -0.128 e. The number of rotatable bonds is 4. The van der Waals surface area contributed by atoms with Crippen LogP contribution in [0.2, 0.25) is 4.34 Å². The van der Waals surface area contributed by atoms with Crippen LogP contribution < -0.4 is 0 Å². The number of thiophene rings is 1. The van der Waals surface area contributed by atoms with E-state index in [9.17, 15) is 0 Å². The van der Waals surface area contributed by atoms with Crippen molar-refractivity contribution < 1.29 is 0 Å². The summed E-state index contributed by atoms with van der Waals surface area (Å²) in [5, 5.41) is 0.0853. The highest BCUT2D eigenvalue weighted by molar-refractivity contribution is 7.16. The summed E-state index contributed by atoms with van der Waals surface area (Å²) in [4.78, 5) is 1.30. The third kappa shape index (κ3) is 3.24. The molecule has 0 N–H and O–H groups in total. The lowest BCUT2D eigenvalue weighted by Crippen LogP contribution is -1.92. The van der Waals surface area contributed by atoms with Gasteiger partial charge in [0.2, 0.25) is 0 Å². The predicted molar refractivity (Wildman–Crippen MR) is 72.7 cm³/mol. The summed E-state index contributed by atoms with van der Waals surface area (Å²) >= 11 is 13.8. The maximum atomic E-state index is 6.33. The Morgan fingerprint density at radius 2 is 1.81 bits per heavy atom. The standard InChI is InChI=1S/C13H12Cl2S/c14-12(10-4-2-1-3-5-10)8-6-11-7-9-13(15)16-11/h1-5,7,9,12H,6,8H2. The minimum atomic E-state index is 0.0853. The number of hydrogen-bond acceptors (Lipinski definition) is 1. The van der Waals surface area contributed by atoms with Crippen molar-refractivity contribution in [2.45, 2.75) is 18.2 Å². The largest absolute Gasteiger partial charge is 0.128 e. The minimum absolute atomic E-state index is 0.0853. The topological polar surface area (TPSA) is 0 Å². The Labute approximate surface area is 110 Å². The van der Waals surface area contributed by atoms with Gasteiger partial charge in [-0.2, -0.15) is 0 Å². The van der Waals surface area contributed by atoms with Gasteiger partial charge in [0.15, 0.2) is 0 Å². The fourth-order valence-corrected chi connectivity index (χ4v) is 2.94. The van der Waals surface area contributed by atoms with Crippen molar-refractivity contribution in [2.24, 2.45) is 0 Å². The van der Waals surface area contributed by atoms with Crippen molar-refractivity contribution in [2.75, 3.05) is 0 Å². The van der Waals surface area contributed by atoms with Gasteiger partial charge in [-0.25, -0.2) is 0 Å². The Balaban J connectivity index is 1.91. The number of alkyl halides is 1. The van der Waals surface area contributed by atoms with Crippen LogP contribution in [0.5, 0.6) is 0 Å². The van der Waals surface area contributed by atoms with Crippen LogP contribution in [-0.2, 0) is 6.42 Å². The van der Waals surface area contributed by atoms with Crippen LogP contribution in [0.4, 0.5) is 0 Å². The molecule has 0 saturated carbocycles. The van der Waals surface area contributed by atoms with Crippen LogP contribution in [-0.4, -0.2) is 0 Å². The third-order valence-corrected chi connectivity index (χ3v) is 4.20. The van der Waals surface area contributed by atoms with Crippen molar-refractivity contribution in [3.8, 4) is 0 Å². The molecule has 0 fully saturated rings. The first-order valence-corrected chi connectivity index (χ1v) is 6.82. The van der Waals surface area contributed by atoms with E-state index in [2.05, 4.69) is 18.2 Å². The molecule has 0 amide bonds. The molecule has 0 aliphatic carbocycles. The van der Waals surface area contributed by atoms with Gasteiger partial charge in [-0.1, -0.05) is 41.9 Å². The number of aryl methyl sites for hydroxylation is 1. The Hall–Kier alpha value is -0.500. The molecule has 0 aliphatic rings. The molecule has 0 aliphatic heterocycles. The van der Waals surface area contributed by atoms with E-state index in [4.69, 9.17) is 23.2 Å². The quantitative estimate of drug-likeness (QED) is 0.661. The predicted octanol–water partition coefficient (Wildman–Crippen LogP) is 5.31. The van der Waals surface area contributed by atoms with E-state index in [1.807, 2.05) is 24.3 Å². The maximum Gasteiger partial charge on any atom is 0.0931 e. The van der Waals surface area contributed by atoms with Crippen molar-refractivity contribution in [1.29, 1.82) is 0 Å². The molecular weight excluding hydrogens is 259 g/mol. The lowest BCUT2D eigenvalue weighted by molar-refractivity contribution is 0.803. The summed E-state index contributed by atoms with van der Waals surface area (Å²) in [7, 11) is 0. The summed E-state index contributed by atoms with van der Waals surface area (Å²) in [5.74, 6) is 0. The SMILES string of the molecule is Clc1ccc(CCC(Cl)c2ccccc2)s1. The van der Waals surface area contributed by atoms with Gasteiger partial charge in [0.1, 0.15) is 0 Å². The van der Waals surface area contributed by atoms with Gasteiger partial charge in [-0.15, -0.1) is 22.9 Å². The fraction of sp³-hybridized carbons (Fsp3) is 0.231. The lowest BCUT2D eigenvalue weighted by atomic mass is 10.1. The average Bonchev–Trinajstić information content (AvgIpc) is 2.73. The first kappa shape index (κ1) is 12.0. The zero-order chi connectivity index (χ0) is 11.4. The smallest absolute Gasteiger partial charge is 0.0931 e. The Kier molecular flexibility index (Phi) is 4.28. The Morgan fingerprint density at radius 1 is 1.06 bits per heavy atom. The van der Waals surface area contributed by atoms with E-state index in [1.165, 1.54) is 10.4 Å². The zero-order valence-corrected chi connectivity index (χ0v) is 11.0. The van der Waals surface area contributed by atoms with E-state index in [-0.39, 0.29) is 5.38 Å². The molecule has 2 aromatic rings. The van der Waals surface area contributed by atoms with Gasteiger partial charge in [0, 0.05) is 4.88 Å². The average molecular weight is 271 g/mol. The van der Waals surface area contributed by atoms with Crippen LogP contribution in [0.3, 0.4) is 0 Å². The van der Waals surface area contributed by atoms with Gasteiger partial charge in [0.25, 0.3) is 0 Å². The summed E-state index contributed by atoms with van der Waals surface area (Å²) in [5.41, 5.74) is 1.19. The molecule has 16 heavy (non-hydrogen) atoms. The molecule has 0 bridgehead atoms. The van der Waals surface area contributed by atoms with Crippen molar-refractivity contribution in [3.63, 3.8) is 0 Å². The van der Waals surface area contributed by atoms with Crippen LogP contribution in [0, 0.1) is 0 Å². The normalized spacial score (nSPS) is 12.6. The van der Waals surface area contributed by atoms with Crippen LogP contribution in [0.15, 0.2) is 42.5 Å². The van der Waals surface area contributed by atoms with E-state index in [0.717, 1.165) is 17.2 Å². The number of hydrogen-bond donors (Lipinski definition) is 0. The highest BCUT2D eigenvalue weighted by Gasteiger charge is 2.08.